The molecule has 3 nitrogen and oxygen atoms in total. The van der Waals surface area contributed by atoms with Crippen LogP contribution in [0.15, 0.2) is 17.5 Å². The molecule has 0 aliphatic heterocycles. The highest BCUT2D eigenvalue weighted by Crippen LogP contribution is 2.23. The summed E-state index contributed by atoms with van der Waals surface area (Å²) in [6.07, 6.45) is 2.05. The van der Waals surface area contributed by atoms with Gasteiger partial charge in [0.05, 0.1) is 5.84 Å². The minimum Gasteiger partial charge on any atom is -0.387 e. The van der Waals surface area contributed by atoms with Crippen molar-refractivity contribution in [3.63, 3.8) is 0 Å². The summed E-state index contributed by atoms with van der Waals surface area (Å²) in [4.78, 5) is 3.90. The van der Waals surface area contributed by atoms with Crippen molar-refractivity contribution in [1.29, 1.82) is 5.41 Å². The summed E-state index contributed by atoms with van der Waals surface area (Å²) < 4.78 is 0. The van der Waals surface area contributed by atoms with Gasteiger partial charge in [-0.1, -0.05) is 19.9 Å². The van der Waals surface area contributed by atoms with Crippen molar-refractivity contribution in [3.05, 3.63) is 22.4 Å². The Morgan fingerprint density at radius 1 is 1.47 bits per heavy atom. The average Bonchev–Trinajstić information content (AvgIpc) is 2.79. The molecule has 0 fully saturated rings. The van der Waals surface area contributed by atoms with Crippen molar-refractivity contribution in [1.82, 2.24) is 4.90 Å². The van der Waals surface area contributed by atoms with Crippen molar-refractivity contribution in [2.75, 3.05) is 6.54 Å². The minimum absolute atomic E-state index is 0.175. The van der Waals surface area contributed by atoms with Crippen LogP contribution in [0.25, 0.3) is 0 Å². The molecule has 0 unspecified atom stereocenters. The van der Waals surface area contributed by atoms with Gasteiger partial charge < -0.3 is 5.73 Å². The second-order valence-corrected chi connectivity index (χ2v) is 7.08. The molecule has 4 heteroatoms. The predicted octanol–water partition coefficient (Wildman–Crippen LogP) is 3.70. The molecule has 0 atom stereocenters. The zero-order chi connectivity index (χ0) is 14.5. The number of rotatable bonds is 8. The normalized spacial score (nSPS) is 12.3. The van der Waals surface area contributed by atoms with Crippen molar-refractivity contribution >= 4 is 17.2 Å². The molecule has 0 spiro atoms. The Morgan fingerprint density at radius 3 is 2.63 bits per heavy atom. The Kier molecular flexibility index (Phi) is 6.01. The maximum atomic E-state index is 7.59. The molecule has 0 saturated heterocycles. The molecule has 1 aromatic rings. The number of nitrogens with two attached hydrogens (primary N) is 1. The molecule has 0 radical (unpaired) electrons. The topological polar surface area (TPSA) is 53.1 Å². The number of nitrogens with zero attached hydrogens (tertiary/aromatic N) is 1. The van der Waals surface area contributed by atoms with Crippen LogP contribution in [0, 0.1) is 10.8 Å². The fourth-order valence-electron chi connectivity index (χ4n) is 1.98. The van der Waals surface area contributed by atoms with E-state index in [1.54, 1.807) is 0 Å². The first kappa shape index (κ1) is 16.2. The molecular formula is C15H27N3S. The summed E-state index contributed by atoms with van der Waals surface area (Å²) in [5.41, 5.74) is 5.45. The lowest BCUT2D eigenvalue weighted by Gasteiger charge is -2.28. The minimum atomic E-state index is -0.175. The summed E-state index contributed by atoms with van der Waals surface area (Å²) in [6, 6.07) is 4.85. The van der Waals surface area contributed by atoms with Crippen LogP contribution < -0.4 is 5.73 Å². The van der Waals surface area contributed by atoms with Gasteiger partial charge in [0, 0.05) is 22.9 Å². The molecule has 0 saturated carbocycles. The van der Waals surface area contributed by atoms with Crippen molar-refractivity contribution in [3.8, 4) is 0 Å². The molecule has 1 heterocycles. The summed E-state index contributed by atoms with van der Waals surface area (Å²) in [6.45, 7) is 10.7. The van der Waals surface area contributed by atoms with Crippen LogP contribution in [0.1, 0.15) is 45.4 Å². The van der Waals surface area contributed by atoms with Crippen LogP contribution in [0.2, 0.25) is 0 Å². The summed E-state index contributed by atoms with van der Waals surface area (Å²) in [5.74, 6) is 0.293. The molecule has 0 aromatic carbocycles. The smallest absolute Gasteiger partial charge is 0.0963 e. The molecule has 0 aliphatic rings. The first-order valence-electron chi connectivity index (χ1n) is 6.94. The van der Waals surface area contributed by atoms with Gasteiger partial charge in [-0.3, -0.25) is 10.3 Å². The van der Waals surface area contributed by atoms with E-state index >= 15 is 0 Å². The largest absolute Gasteiger partial charge is 0.387 e. The summed E-state index contributed by atoms with van der Waals surface area (Å²) >= 11 is 1.82. The lowest BCUT2D eigenvalue weighted by atomic mass is 9.86. The number of amidine groups is 1. The van der Waals surface area contributed by atoms with E-state index in [0.717, 1.165) is 25.9 Å². The Morgan fingerprint density at radius 2 is 2.16 bits per heavy atom. The van der Waals surface area contributed by atoms with Gasteiger partial charge >= 0.3 is 0 Å². The molecule has 1 rings (SSSR count). The number of hydrogen-bond acceptors (Lipinski definition) is 3. The third kappa shape index (κ3) is 5.33. The van der Waals surface area contributed by atoms with Crippen LogP contribution >= 0.6 is 11.3 Å². The van der Waals surface area contributed by atoms with E-state index in [4.69, 9.17) is 11.1 Å². The average molecular weight is 281 g/mol. The molecule has 3 N–H and O–H groups in total. The number of thiophene rings is 1. The van der Waals surface area contributed by atoms with Crippen LogP contribution in [0.3, 0.4) is 0 Å². The maximum Gasteiger partial charge on any atom is 0.0963 e. The fourth-order valence-corrected chi connectivity index (χ4v) is 2.71. The lowest BCUT2D eigenvalue weighted by molar-refractivity contribution is 0.204. The van der Waals surface area contributed by atoms with E-state index in [1.165, 1.54) is 4.88 Å². The maximum absolute atomic E-state index is 7.59. The molecule has 19 heavy (non-hydrogen) atoms. The quantitative estimate of drug-likeness (QED) is 0.564. The third-order valence-corrected chi connectivity index (χ3v) is 4.51. The Hall–Kier alpha value is -0.870. The van der Waals surface area contributed by atoms with Gasteiger partial charge in [0.15, 0.2) is 0 Å². The highest BCUT2D eigenvalue weighted by molar-refractivity contribution is 7.09. The highest BCUT2D eigenvalue weighted by atomic mass is 32.1. The molecule has 1 aromatic heterocycles. The SMILES string of the molecule is CC(C)N(CCCC(C)(C)C(=N)N)Cc1cccs1. The van der Waals surface area contributed by atoms with Crippen molar-refractivity contribution in [2.24, 2.45) is 11.1 Å². The van der Waals surface area contributed by atoms with Crippen LogP contribution in [0.5, 0.6) is 0 Å². The van der Waals surface area contributed by atoms with Gasteiger partial charge in [-0.2, -0.15) is 0 Å². The van der Waals surface area contributed by atoms with E-state index in [-0.39, 0.29) is 5.41 Å². The van der Waals surface area contributed by atoms with Gasteiger partial charge in [0.1, 0.15) is 0 Å². The van der Waals surface area contributed by atoms with Crippen LogP contribution in [-0.4, -0.2) is 23.3 Å². The molecule has 0 amide bonds. The van der Waals surface area contributed by atoms with E-state index < -0.39 is 0 Å². The Bertz CT molecular complexity index is 382. The molecular weight excluding hydrogens is 254 g/mol. The van der Waals surface area contributed by atoms with Crippen molar-refractivity contribution in [2.45, 2.75) is 53.1 Å². The summed E-state index contributed by atoms with van der Waals surface area (Å²) in [7, 11) is 0. The van der Waals surface area contributed by atoms with E-state index in [9.17, 15) is 0 Å². The lowest BCUT2D eigenvalue weighted by Crippen LogP contribution is -2.34. The standard InChI is InChI=1S/C15H27N3S/c1-12(2)18(11-13-7-5-10-19-13)9-6-8-15(3,4)14(16)17/h5,7,10,12H,6,8-9,11H2,1-4H3,(H3,16,17). The van der Waals surface area contributed by atoms with E-state index in [0.29, 0.717) is 11.9 Å². The Balaban J connectivity index is 2.45. The molecule has 0 aliphatic carbocycles. The van der Waals surface area contributed by atoms with Gasteiger partial charge in [0.25, 0.3) is 0 Å². The number of nitrogens with one attached hydrogen (secondary N) is 1. The molecule has 0 bridgehead atoms. The van der Waals surface area contributed by atoms with Crippen molar-refractivity contribution < 1.29 is 0 Å². The van der Waals surface area contributed by atoms with Gasteiger partial charge in [-0.25, -0.2) is 0 Å². The Labute approximate surface area is 121 Å². The monoisotopic (exact) mass is 281 g/mol. The zero-order valence-electron chi connectivity index (χ0n) is 12.6. The van der Waals surface area contributed by atoms with E-state index in [2.05, 4.69) is 36.3 Å². The van der Waals surface area contributed by atoms with Crippen LogP contribution in [-0.2, 0) is 6.54 Å². The van der Waals surface area contributed by atoms with Gasteiger partial charge in [-0.05, 0) is 44.7 Å². The second kappa shape index (κ2) is 7.06. The first-order chi connectivity index (χ1) is 8.83. The first-order valence-corrected chi connectivity index (χ1v) is 7.82. The van der Waals surface area contributed by atoms with Crippen LogP contribution in [0.4, 0.5) is 0 Å². The summed E-state index contributed by atoms with van der Waals surface area (Å²) in [5, 5.41) is 9.72. The van der Waals surface area contributed by atoms with E-state index in [1.807, 2.05) is 25.2 Å². The van der Waals surface area contributed by atoms with Gasteiger partial charge in [0.2, 0.25) is 0 Å². The third-order valence-electron chi connectivity index (χ3n) is 3.65. The predicted molar refractivity (Wildman–Crippen MR) is 84.8 cm³/mol. The fraction of sp³-hybridized carbons (Fsp3) is 0.667. The molecule has 108 valence electrons. The highest BCUT2D eigenvalue weighted by Gasteiger charge is 2.21. The number of hydrogen-bond donors (Lipinski definition) is 2. The zero-order valence-corrected chi connectivity index (χ0v) is 13.4. The second-order valence-electron chi connectivity index (χ2n) is 6.04. The van der Waals surface area contributed by atoms with Gasteiger partial charge in [-0.15, -0.1) is 11.3 Å².